The molecule has 3 heteroatoms. The van der Waals surface area contributed by atoms with Crippen molar-refractivity contribution in [1.82, 2.24) is 10.3 Å². The van der Waals surface area contributed by atoms with Gasteiger partial charge in [-0.3, -0.25) is 0 Å². The first kappa shape index (κ1) is 14.2. The third-order valence-electron chi connectivity index (χ3n) is 3.28. The molecule has 1 unspecified atom stereocenters. The number of thiazole rings is 1. The summed E-state index contributed by atoms with van der Waals surface area (Å²) >= 11 is 1.74. The lowest BCUT2D eigenvalue weighted by Crippen LogP contribution is -2.21. The largest absolute Gasteiger partial charge is 0.308 e. The third kappa shape index (κ3) is 4.77. The predicted molar refractivity (Wildman–Crippen MR) is 82.5 cm³/mol. The van der Waals surface area contributed by atoms with E-state index in [0.717, 1.165) is 13.0 Å². The van der Waals surface area contributed by atoms with Gasteiger partial charge in [-0.05, 0) is 37.8 Å². The molecule has 0 saturated carbocycles. The highest BCUT2D eigenvalue weighted by atomic mass is 32.1. The van der Waals surface area contributed by atoms with Crippen molar-refractivity contribution < 1.29 is 0 Å². The topological polar surface area (TPSA) is 24.9 Å². The number of aromatic nitrogens is 1. The lowest BCUT2D eigenvalue weighted by Gasteiger charge is -2.14. The van der Waals surface area contributed by atoms with Crippen LogP contribution in [0, 0.1) is 0 Å². The number of unbranched alkanes of at least 4 members (excludes halogenated alkanes) is 1. The first-order chi connectivity index (χ1) is 9.40. The molecule has 0 aliphatic carbocycles. The lowest BCUT2D eigenvalue weighted by atomic mass is 10.1. The van der Waals surface area contributed by atoms with Gasteiger partial charge in [0.15, 0.2) is 0 Å². The van der Waals surface area contributed by atoms with Gasteiger partial charge in [-0.25, -0.2) is 4.98 Å². The average Bonchev–Trinajstić information content (AvgIpc) is 2.98. The second kappa shape index (κ2) is 8.08. The predicted octanol–water partition coefficient (Wildman–Crippen LogP) is 4.21. The van der Waals surface area contributed by atoms with Gasteiger partial charge < -0.3 is 5.32 Å². The van der Waals surface area contributed by atoms with Crippen molar-refractivity contribution in [2.75, 3.05) is 6.54 Å². The maximum atomic E-state index is 4.39. The van der Waals surface area contributed by atoms with E-state index in [1.54, 1.807) is 11.3 Å². The molecule has 0 amide bonds. The van der Waals surface area contributed by atoms with E-state index in [2.05, 4.69) is 52.9 Å². The SMILES string of the molecule is CCC(NCCCCc1ccccc1)c1nccs1. The zero-order valence-electron chi connectivity index (χ0n) is 11.5. The fourth-order valence-electron chi connectivity index (χ4n) is 2.19. The van der Waals surface area contributed by atoms with Crippen LogP contribution in [-0.4, -0.2) is 11.5 Å². The molecule has 0 aliphatic heterocycles. The summed E-state index contributed by atoms with van der Waals surface area (Å²) in [6.45, 7) is 3.29. The van der Waals surface area contributed by atoms with E-state index < -0.39 is 0 Å². The van der Waals surface area contributed by atoms with Gasteiger partial charge in [-0.15, -0.1) is 11.3 Å². The summed E-state index contributed by atoms with van der Waals surface area (Å²) in [4.78, 5) is 4.39. The van der Waals surface area contributed by atoms with Gasteiger partial charge in [0.1, 0.15) is 5.01 Å². The molecule has 2 nitrogen and oxygen atoms in total. The Kier molecular flexibility index (Phi) is 6.05. The molecule has 102 valence electrons. The van der Waals surface area contributed by atoms with Crippen LogP contribution in [-0.2, 0) is 6.42 Å². The van der Waals surface area contributed by atoms with Crippen LogP contribution in [0.15, 0.2) is 41.9 Å². The summed E-state index contributed by atoms with van der Waals surface area (Å²) in [7, 11) is 0. The van der Waals surface area contributed by atoms with Crippen molar-refractivity contribution in [3.63, 3.8) is 0 Å². The van der Waals surface area contributed by atoms with Crippen LogP contribution in [0.5, 0.6) is 0 Å². The molecule has 1 atom stereocenters. The number of benzene rings is 1. The van der Waals surface area contributed by atoms with Crippen molar-refractivity contribution in [2.24, 2.45) is 0 Å². The van der Waals surface area contributed by atoms with E-state index in [1.807, 2.05) is 6.20 Å². The maximum absolute atomic E-state index is 4.39. The summed E-state index contributed by atoms with van der Waals surface area (Å²) in [5.74, 6) is 0. The Bertz CT molecular complexity index is 439. The average molecular weight is 274 g/mol. The van der Waals surface area contributed by atoms with Gasteiger partial charge in [0.05, 0.1) is 6.04 Å². The standard InChI is InChI=1S/C16H22N2S/c1-2-15(16-18-12-13-19-16)17-11-7-6-10-14-8-4-3-5-9-14/h3-5,8-9,12-13,15,17H,2,6-7,10-11H2,1H3. The van der Waals surface area contributed by atoms with Crippen LogP contribution in [0.1, 0.15) is 42.8 Å². The highest BCUT2D eigenvalue weighted by molar-refractivity contribution is 7.09. The molecular weight excluding hydrogens is 252 g/mol. The minimum atomic E-state index is 0.428. The van der Waals surface area contributed by atoms with Crippen molar-refractivity contribution in [1.29, 1.82) is 0 Å². The molecule has 2 rings (SSSR count). The molecule has 0 spiro atoms. The van der Waals surface area contributed by atoms with Gasteiger partial charge in [-0.2, -0.15) is 0 Å². The Morgan fingerprint density at radius 2 is 2.05 bits per heavy atom. The molecule has 2 aromatic rings. The summed E-state index contributed by atoms with van der Waals surface area (Å²) in [5, 5.41) is 6.87. The van der Waals surface area contributed by atoms with Gasteiger partial charge in [-0.1, -0.05) is 37.3 Å². The summed E-state index contributed by atoms with van der Waals surface area (Å²) in [6.07, 6.45) is 6.63. The fraction of sp³-hybridized carbons (Fsp3) is 0.438. The summed E-state index contributed by atoms with van der Waals surface area (Å²) < 4.78 is 0. The second-order valence-corrected chi connectivity index (χ2v) is 5.65. The van der Waals surface area contributed by atoms with E-state index >= 15 is 0 Å². The van der Waals surface area contributed by atoms with Crippen molar-refractivity contribution in [3.05, 3.63) is 52.5 Å². The number of aryl methyl sites for hydroxylation is 1. The van der Waals surface area contributed by atoms with E-state index in [4.69, 9.17) is 0 Å². The lowest BCUT2D eigenvalue weighted by molar-refractivity contribution is 0.501. The Hall–Kier alpha value is -1.19. The van der Waals surface area contributed by atoms with Crippen molar-refractivity contribution in [3.8, 4) is 0 Å². The van der Waals surface area contributed by atoms with E-state index in [1.165, 1.54) is 29.8 Å². The molecule has 0 bridgehead atoms. The van der Waals surface area contributed by atoms with Crippen molar-refractivity contribution in [2.45, 2.75) is 38.6 Å². The van der Waals surface area contributed by atoms with Crippen LogP contribution in [0.4, 0.5) is 0 Å². The molecule has 1 N–H and O–H groups in total. The smallest absolute Gasteiger partial charge is 0.109 e. The van der Waals surface area contributed by atoms with E-state index in [-0.39, 0.29) is 0 Å². The Labute approximate surface area is 119 Å². The second-order valence-electron chi connectivity index (χ2n) is 4.73. The first-order valence-corrected chi connectivity index (χ1v) is 7.95. The van der Waals surface area contributed by atoms with Crippen LogP contribution in [0.2, 0.25) is 0 Å². The number of nitrogens with one attached hydrogen (secondary N) is 1. The highest BCUT2D eigenvalue weighted by Gasteiger charge is 2.10. The van der Waals surface area contributed by atoms with Crippen LogP contribution < -0.4 is 5.32 Å². The molecule has 1 heterocycles. The van der Waals surface area contributed by atoms with Gasteiger partial charge in [0, 0.05) is 11.6 Å². The molecule has 0 fully saturated rings. The van der Waals surface area contributed by atoms with Crippen LogP contribution in [0.25, 0.3) is 0 Å². The minimum Gasteiger partial charge on any atom is -0.308 e. The number of hydrogen-bond acceptors (Lipinski definition) is 3. The minimum absolute atomic E-state index is 0.428. The normalized spacial score (nSPS) is 12.5. The third-order valence-corrected chi connectivity index (χ3v) is 4.17. The Balaban J connectivity index is 1.64. The quantitative estimate of drug-likeness (QED) is 0.729. The number of rotatable bonds is 8. The van der Waals surface area contributed by atoms with Crippen molar-refractivity contribution >= 4 is 11.3 Å². The fourth-order valence-corrected chi connectivity index (χ4v) is 2.99. The molecular formula is C16H22N2S. The Morgan fingerprint density at radius 3 is 2.74 bits per heavy atom. The molecule has 0 radical (unpaired) electrons. The maximum Gasteiger partial charge on any atom is 0.109 e. The van der Waals surface area contributed by atoms with Gasteiger partial charge in [0.2, 0.25) is 0 Å². The van der Waals surface area contributed by atoms with E-state index in [9.17, 15) is 0 Å². The molecule has 1 aromatic carbocycles. The van der Waals surface area contributed by atoms with Crippen LogP contribution in [0.3, 0.4) is 0 Å². The number of hydrogen-bond donors (Lipinski definition) is 1. The van der Waals surface area contributed by atoms with Crippen LogP contribution >= 0.6 is 11.3 Å². The summed E-state index contributed by atoms with van der Waals surface area (Å²) in [6, 6.07) is 11.1. The number of nitrogens with zero attached hydrogens (tertiary/aromatic N) is 1. The first-order valence-electron chi connectivity index (χ1n) is 7.07. The molecule has 0 saturated heterocycles. The zero-order valence-corrected chi connectivity index (χ0v) is 12.3. The Morgan fingerprint density at radius 1 is 1.21 bits per heavy atom. The van der Waals surface area contributed by atoms with Gasteiger partial charge >= 0.3 is 0 Å². The monoisotopic (exact) mass is 274 g/mol. The molecule has 19 heavy (non-hydrogen) atoms. The summed E-state index contributed by atoms with van der Waals surface area (Å²) in [5.41, 5.74) is 1.44. The van der Waals surface area contributed by atoms with Gasteiger partial charge in [0.25, 0.3) is 0 Å². The highest BCUT2D eigenvalue weighted by Crippen LogP contribution is 2.18. The van der Waals surface area contributed by atoms with E-state index in [0.29, 0.717) is 6.04 Å². The zero-order chi connectivity index (χ0) is 13.3. The molecule has 0 aliphatic rings. The molecule has 1 aromatic heterocycles.